The molecule has 1 aromatic heterocycles. The molecule has 0 amide bonds. The Bertz CT molecular complexity index is 777. The number of aryl methyl sites for hydroxylation is 2. The van der Waals surface area contributed by atoms with Crippen molar-refractivity contribution in [3.05, 3.63) is 47.5 Å². The summed E-state index contributed by atoms with van der Waals surface area (Å²) in [5.74, 6) is 0.201. The maximum atomic E-state index is 10.1. The van der Waals surface area contributed by atoms with E-state index in [-0.39, 0.29) is 5.75 Å². The van der Waals surface area contributed by atoms with E-state index in [1.165, 1.54) is 10.4 Å². The predicted molar refractivity (Wildman–Crippen MR) is 83.9 cm³/mol. The molecule has 4 heteroatoms. The molecule has 0 atom stereocenters. The highest BCUT2D eigenvalue weighted by molar-refractivity contribution is 5.74. The number of hydrogen-bond donors (Lipinski definition) is 1. The zero-order chi connectivity index (χ0) is 14.8. The fraction of sp³-hybridized carbons (Fsp3) is 0.294. The second kappa shape index (κ2) is 5.56. The Labute approximate surface area is 124 Å². The molecule has 2 aromatic carbocycles. The van der Waals surface area contributed by atoms with Crippen molar-refractivity contribution in [1.82, 2.24) is 15.0 Å². The molecule has 1 N–H and O–H groups in total. The standard InChI is InChI=1S/C17H19N3O/c1-3-4-5-13-7-9-17(21)16(11-13)20-18-14-8-6-12(2)10-15(14)19-20/h6-11,21H,3-5H2,1-2H3. The topological polar surface area (TPSA) is 50.9 Å². The lowest BCUT2D eigenvalue weighted by Crippen LogP contribution is -2.00. The molecule has 0 aliphatic carbocycles. The molecule has 0 unspecified atom stereocenters. The van der Waals surface area contributed by atoms with Crippen LogP contribution < -0.4 is 0 Å². The molecule has 1 heterocycles. The van der Waals surface area contributed by atoms with Crippen LogP contribution in [-0.4, -0.2) is 20.1 Å². The summed E-state index contributed by atoms with van der Waals surface area (Å²) in [7, 11) is 0. The monoisotopic (exact) mass is 281 g/mol. The largest absolute Gasteiger partial charge is 0.506 e. The number of benzene rings is 2. The fourth-order valence-corrected chi connectivity index (χ4v) is 2.40. The van der Waals surface area contributed by atoms with Gasteiger partial charge in [-0.25, -0.2) is 0 Å². The van der Waals surface area contributed by atoms with Gasteiger partial charge in [0, 0.05) is 0 Å². The Morgan fingerprint density at radius 2 is 1.86 bits per heavy atom. The van der Waals surface area contributed by atoms with Crippen LogP contribution >= 0.6 is 0 Å². The number of hydrogen-bond acceptors (Lipinski definition) is 3. The Balaban J connectivity index is 2.04. The molecule has 0 spiro atoms. The van der Waals surface area contributed by atoms with E-state index in [0.29, 0.717) is 5.69 Å². The first-order valence-electron chi connectivity index (χ1n) is 7.33. The lowest BCUT2D eigenvalue weighted by molar-refractivity contribution is 0.467. The lowest BCUT2D eigenvalue weighted by Gasteiger charge is -2.06. The van der Waals surface area contributed by atoms with Crippen LogP contribution in [0, 0.1) is 6.92 Å². The fourth-order valence-electron chi connectivity index (χ4n) is 2.40. The van der Waals surface area contributed by atoms with E-state index in [2.05, 4.69) is 17.1 Å². The summed E-state index contributed by atoms with van der Waals surface area (Å²) < 4.78 is 0. The molecule has 0 aliphatic heterocycles. The minimum Gasteiger partial charge on any atom is -0.506 e. The third-order valence-corrected chi connectivity index (χ3v) is 3.61. The number of aromatic nitrogens is 3. The molecule has 0 bridgehead atoms. The Morgan fingerprint density at radius 1 is 1.05 bits per heavy atom. The van der Waals surface area contributed by atoms with Gasteiger partial charge in [-0.05, 0) is 55.2 Å². The second-order valence-electron chi connectivity index (χ2n) is 5.41. The van der Waals surface area contributed by atoms with Gasteiger partial charge < -0.3 is 5.11 Å². The number of nitrogens with zero attached hydrogens (tertiary/aromatic N) is 3. The summed E-state index contributed by atoms with van der Waals surface area (Å²) in [4.78, 5) is 1.52. The van der Waals surface area contributed by atoms with Crippen molar-refractivity contribution in [2.75, 3.05) is 0 Å². The van der Waals surface area contributed by atoms with Gasteiger partial charge in [0.2, 0.25) is 0 Å². The average Bonchev–Trinajstić information content (AvgIpc) is 2.89. The van der Waals surface area contributed by atoms with Crippen LogP contribution in [0.3, 0.4) is 0 Å². The summed E-state index contributed by atoms with van der Waals surface area (Å²) >= 11 is 0. The van der Waals surface area contributed by atoms with E-state index in [9.17, 15) is 5.11 Å². The Kier molecular flexibility index (Phi) is 3.60. The van der Waals surface area contributed by atoms with Gasteiger partial charge in [-0.1, -0.05) is 25.5 Å². The smallest absolute Gasteiger partial charge is 0.143 e. The van der Waals surface area contributed by atoms with Crippen LogP contribution in [0.1, 0.15) is 30.9 Å². The second-order valence-corrected chi connectivity index (χ2v) is 5.41. The molecule has 3 aromatic rings. The van der Waals surface area contributed by atoms with Crippen LogP contribution in [-0.2, 0) is 6.42 Å². The first-order chi connectivity index (χ1) is 10.2. The van der Waals surface area contributed by atoms with Crippen LogP contribution in [0.25, 0.3) is 16.7 Å². The van der Waals surface area contributed by atoms with Gasteiger partial charge in [-0.15, -0.1) is 15.0 Å². The molecule has 0 radical (unpaired) electrons. The minimum atomic E-state index is 0.201. The number of phenols is 1. The number of fused-ring (bicyclic) bond motifs is 1. The van der Waals surface area contributed by atoms with E-state index in [0.717, 1.165) is 35.9 Å². The van der Waals surface area contributed by atoms with Crippen molar-refractivity contribution in [3.63, 3.8) is 0 Å². The molecule has 0 aliphatic rings. The summed E-state index contributed by atoms with van der Waals surface area (Å²) in [5.41, 5.74) is 4.66. The highest BCUT2D eigenvalue weighted by atomic mass is 16.3. The van der Waals surface area contributed by atoms with Crippen molar-refractivity contribution < 1.29 is 5.11 Å². The van der Waals surface area contributed by atoms with Gasteiger partial charge in [0.05, 0.1) is 0 Å². The van der Waals surface area contributed by atoms with Crippen LogP contribution in [0.4, 0.5) is 0 Å². The third-order valence-electron chi connectivity index (χ3n) is 3.61. The third kappa shape index (κ3) is 2.75. The SMILES string of the molecule is CCCCc1ccc(O)c(-n2nc3ccc(C)cc3n2)c1. The van der Waals surface area contributed by atoms with E-state index >= 15 is 0 Å². The highest BCUT2D eigenvalue weighted by Gasteiger charge is 2.10. The van der Waals surface area contributed by atoms with Crippen molar-refractivity contribution >= 4 is 11.0 Å². The van der Waals surface area contributed by atoms with E-state index in [4.69, 9.17) is 0 Å². The van der Waals surface area contributed by atoms with Crippen LogP contribution in [0.5, 0.6) is 5.75 Å². The number of rotatable bonds is 4. The van der Waals surface area contributed by atoms with Crippen LogP contribution in [0.2, 0.25) is 0 Å². The van der Waals surface area contributed by atoms with Gasteiger partial charge in [0.1, 0.15) is 22.5 Å². The van der Waals surface area contributed by atoms with E-state index in [1.807, 2.05) is 37.3 Å². The van der Waals surface area contributed by atoms with Gasteiger partial charge in [-0.3, -0.25) is 0 Å². The molecule has 21 heavy (non-hydrogen) atoms. The van der Waals surface area contributed by atoms with E-state index in [1.54, 1.807) is 6.07 Å². The molecule has 4 nitrogen and oxygen atoms in total. The van der Waals surface area contributed by atoms with Crippen molar-refractivity contribution in [2.45, 2.75) is 33.1 Å². The highest BCUT2D eigenvalue weighted by Crippen LogP contribution is 2.24. The summed E-state index contributed by atoms with van der Waals surface area (Å²) in [6, 6.07) is 11.6. The van der Waals surface area contributed by atoms with Gasteiger partial charge in [0.15, 0.2) is 0 Å². The van der Waals surface area contributed by atoms with Crippen molar-refractivity contribution in [1.29, 1.82) is 0 Å². The van der Waals surface area contributed by atoms with Gasteiger partial charge >= 0.3 is 0 Å². The normalized spacial score (nSPS) is 11.1. The number of unbranched alkanes of at least 4 members (excludes halogenated alkanes) is 1. The first-order valence-corrected chi connectivity index (χ1v) is 7.33. The zero-order valence-corrected chi connectivity index (χ0v) is 12.4. The minimum absolute atomic E-state index is 0.201. The predicted octanol–water partition coefficient (Wildman–Crippen LogP) is 3.78. The first kappa shape index (κ1) is 13.6. The van der Waals surface area contributed by atoms with Gasteiger partial charge in [0.25, 0.3) is 0 Å². The van der Waals surface area contributed by atoms with Gasteiger partial charge in [-0.2, -0.15) is 0 Å². The molecule has 108 valence electrons. The molecular weight excluding hydrogens is 262 g/mol. The number of aromatic hydroxyl groups is 1. The zero-order valence-electron chi connectivity index (χ0n) is 12.4. The quantitative estimate of drug-likeness (QED) is 0.791. The molecule has 0 fully saturated rings. The maximum Gasteiger partial charge on any atom is 0.143 e. The molecule has 0 saturated heterocycles. The Morgan fingerprint density at radius 3 is 2.67 bits per heavy atom. The maximum absolute atomic E-state index is 10.1. The molecular formula is C17H19N3O. The summed E-state index contributed by atoms with van der Waals surface area (Å²) in [6.07, 6.45) is 3.29. The van der Waals surface area contributed by atoms with Crippen LogP contribution in [0.15, 0.2) is 36.4 Å². The van der Waals surface area contributed by atoms with E-state index < -0.39 is 0 Å². The molecule has 3 rings (SSSR count). The Hall–Kier alpha value is -2.36. The lowest BCUT2D eigenvalue weighted by atomic mass is 10.1. The average molecular weight is 281 g/mol. The summed E-state index contributed by atoms with van der Waals surface area (Å²) in [6.45, 7) is 4.20. The summed E-state index contributed by atoms with van der Waals surface area (Å²) in [5, 5.41) is 19.0. The van der Waals surface area contributed by atoms with Crippen molar-refractivity contribution in [3.8, 4) is 11.4 Å². The number of phenolic OH excluding ortho intramolecular Hbond substituents is 1. The van der Waals surface area contributed by atoms with Crippen molar-refractivity contribution in [2.24, 2.45) is 0 Å². The molecule has 0 saturated carbocycles.